The molecule has 142 valence electrons. The first-order chi connectivity index (χ1) is 13.3. The molecule has 1 atom stereocenters. The van der Waals surface area contributed by atoms with E-state index in [2.05, 4.69) is 66.8 Å². The number of benzene rings is 3. The minimum Gasteiger partial charge on any atom is -0.497 e. The lowest BCUT2D eigenvalue weighted by Crippen LogP contribution is -2.22. The maximum Gasteiger partial charge on any atom is 0.119 e. The average Bonchev–Trinajstić information content (AvgIpc) is 2.72. The van der Waals surface area contributed by atoms with Gasteiger partial charge in [-0.2, -0.15) is 0 Å². The molecule has 3 rings (SSSR count). The predicted molar refractivity (Wildman–Crippen MR) is 114 cm³/mol. The average molecular weight is 364 g/mol. The Bertz CT molecular complexity index is 829. The fraction of sp³-hybridized carbons (Fsp3) is 0.333. The Morgan fingerprint density at radius 3 is 2.33 bits per heavy atom. The number of hydrogen-bond acceptors (Lipinski definition) is 3. The van der Waals surface area contributed by atoms with Crippen molar-refractivity contribution in [1.29, 1.82) is 0 Å². The number of hydrogen-bond donors (Lipinski definition) is 1. The molecule has 0 amide bonds. The third-order valence-corrected chi connectivity index (χ3v) is 4.82. The SMILES string of the molecule is CCCCC(CCOc1ccc2ccccc2c1)Nc1ccc(OC)cc1. The standard InChI is InChI=1S/C24H29NO2/c1-3-4-9-21(25-22-11-14-23(26-2)15-12-22)16-17-27-24-13-10-19-7-5-6-8-20(19)18-24/h5-8,10-15,18,21,25H,3-4,9,16-17H2,1-2H3. The van der Waals surface area contributed by atoms with Crippen LogP contribution in [0.3, 0.4) is 0 Å². The molecule has 0 spiro atoms. The van der Waals surface area contributed by atoms with E-state index in [4.69, 9.17) is 9.47 Å². The first-order valence-electron chi connectivity index (χ1n) is 9.80. The zero-order valence-electron chi connectivity index (χ0n) is 16.3. The normalized spacial score (nSPS) is 11.9. The molecule has 0 saturated heterocycles. The van der Waals surface area contributed by atoms with Crippen LogP contribution < -0.4 is 14.8 Å². The maximum absolute atomic E-state index is 6.04. The first kappa shape index (κ1) is 19.1. The Morgan fingerprint density at radius 2 is 1.59 bits per heavy atom. The van der Waals surface area contributed by atoms with E-state index in [-0.39, 0.29) is 0 Å². The van der Waals surface area contributed by atoms with Crippen LogP contribution in [0.5, 0.6) is 11.5 Å². The number of methoxy groups -OCH3 is 1. The van der Waals surface area contributed by atoms with Gasteiger partial charge in [0.2, 0.25) is 0 Å². The Labute approximate surface area is 162 Å². The highest BCUT2D eigenvalue weighted by molar-refractivity contribution is 5.83. The lowest BCUT2D eigenvalue weighted by molar-refractivity contribution is 0.298. The van der Waals surface area contributed by atoms with E-state index in [0.29, 0.717) is 12.6 Å². The summed E-state index contributed by atoms with van der Waals surface area (Å²) in [5.74, 6) is 1.82. The van der Waals surface area contributed by atoms with Crippen molar-refractivity contribution < 1.29 is 9.47 Å². The summed E-state index contributed by atoms with van der Waals surface area (Å²) in [6, 6.07) is 23.2. The van der Waals surface area contributed by atoms with Gasteiger partial charge in [-0.15, -0.1) is 0 Å². The minimum atomic E-state index is 0.402. The second-order valence-corrected chi connectivity index (χ2v) is 6.86. The molecule has 0 saturated carbocycles. The second kappa shape index (κ2) is 9.86. The summed E-state index contributed by atoms with van der Waals surface area (Å²) in [5.41, 5.74) is 1.13. The van der Waals surface area contributed by atoms with Crippen LogP contribution in [0.1, 0.15) is 32.6 Å². The molecule has 0 bridgehead atoms. The second-order valence-electron chi connectivity index (χ2n) is 6.86. The van der Waals surface area contributed by atoms with Crippen molar-refractivity contribution in [3.63, 3.8) is 0 Å². The van der Waals surface area contributed by atoms with Gasteiger partial charge in [-0.1, -0.05) is 50.1 Å². The largest absolute Gasteiger partial charge is 0.497 e. The van der Waals surface area contributed by atoms with Crippen molar-refractivity contribution in [2.45, 2.75) is 38.6 Å². The number of unbranched alkanes of at least 4 members (excludes halogenated alkanes) is 1. The highest BCUT2D eigenvalue weighted by atomic mass is 16.5. The molecular formula is C24H29NO2. The van der Waals surface area contributed by atoms with E-state index >= 15 is 0 Å². The van der Waals surface area contributed by atoms with Crippen molar-refractivity contribution in [3.05, 3.63) is 66.7 Å². The molecule has 3 heteroatoms. The summed E-state index contributed by atoms with van der Waals surface area (Å²) in [4.78, 5) is 0. The van der Waals surface area contributed by atoms with E-state index in [1.165, 1.54) is 23.6 Å². The summed E-state index contributed by atoms with van der Waals surface area (Å²) >= 11 is 0. The number of nitrogens with one attached hydrogen (secondary N) is 1. The molecule has 1 unspecified atom stereocenters. The van der Waals surface area contributed by atoms with Crippen molar-refractivity contribution in [3.8, 4) is 11.5 Å². The van der Waals surface area contributed by atoms with Gasteiger partial charge < -0.3 is 14.8 Å². The zero-order chi connectivity index (χ0) is 18.9. The molecular weight excluding hydrogens is 334 g/mol. The molecule has 0 aliphatic rings. The Kier molecular flexibility index (Phi) is 6.97. The van der Waals surface area contributed by atoms with Gasteiger partial charge >= 0.3 is 0 Å². The Hall–Kier alpha value is -2.68. The molecule has 0 aliphatic carbocycles. The quantitative estimate of drug-likeness (QED) is 0.459. The van der Waals surface area contributed by atoms with Crippen LogP contribution in [-0.2, 0) is 0 Å². The Balaban J connectivity index is 1.56. The smallest absolute Gasteiger partial charge is 0.119 e. The molecule has 3 aromatic rings. The third-order valence-electron chi connectivity index (χ3n) is 4.82. The van der Waals surface area contributed by atoms with Gasteiger partial charge in [-0.05, 0) is 53.6 Å². The highest BCUT2D eigenvalue weighted by Gasteiger charge is 2.09. The van der Waals surface area contributed by atoms with Crippen LogP contribution in [0.15, 0.2) is 66.7 Å². The van der Waals surface area contributed by atoms with E-state index in [9.17, 15) is 0 Å². The van der Waals surface area contributed by atoms with Gasteiger partial charge in [0.15, 0.2) is 0 Å². The first-order valence-corrected chi connectivity index (χ1v) is 9.80. The van der Waals surface area contributed by atoms with Gasteiger partial charge in [-0.3, -0.25) is 0 Å². The van der Waals surface area contributed by atoms with Gasteiger partial charge in [0.25, 0.3) is 0 Å². The van der Waals surface area contributed by atoms with E-state index < -0.39 is 0 Å². The van der Waals surface area contributed by atoms with Gasteiger partial charge in [0.05, 0.1) is 13.7 Å². The van der Waals surface area contributed by atoms with Gasteiger partial charge in [-0.25, -0.2) is 0 Å². The van der Waals surface area contributed by atoms with Crippen molar-refractivity contribution in [2.75, 3.05) is 19.0 Å². The molecule has 0 fully saturated rings. The van der Waals surface area contributed by atoms with Crippen LogP contribution in [0.2, 0.25) is 0 Å². The van der Waals surface area contributed by atoms with Crippen molar-refractivity contribution >= 4 is 16.5 Å². The van der Waals surface area contributed by atoms with Crippen LogP contribution in [0, 0.1) is 0 Å². The molecule has 0 aromatic heterocycles. The number of anilines is 1. The molecule has 27 heavy (non-hydrogen) atoms. The van der Waals surface area contributed by atoms with Gasteiger partial charge in [0, 0.05) is 18.2 Å². The van der Waals surface area contributed by atoms with E-state index in [1.54, 1.807) is 7.11 Å². The minimum absolute atomic E-state index is 0.402. The molecule has 3 nitrogen and oxygen atoms in total. The summed E-state index contributed by atoms with van der Waals surface area (Å²) in [5, 5.41) is 6.10. The summed E-state index contributed by atoms with van der Waals surface area (Å²) in [6.07, 6.45) is 4.53. The topological polar surface area (TPSA) is 30.5 Å². The van der Waals surface area contributed by atoms with Crippen LogP contribution in [0.4, 0.5) is 5.69 Å². The summed E-state index contributed by atoms with van der Waals surface area (Å²) < 4.78 is 11.3. The fourth-order valence-corrected chi connectivity index (χ4v) is 3.24. The lowest BCUT2D eigenvalue weighted by atomic mass is 10.1. The number of fused-ring (bicyclic) bond motifs is 1. The van der Waals surface area contributed by atoms with Crippen LogP contribution >= 0.6 is 0 Å². The fourth-order valence-electron chi connectivity index (χ4n) is 3.24. The molecule has 3 aromatic carbocycles. The molecule has 0 heterocycles. The summed E-state index contributed by atoms with van der Waals surface area (Å²) in [6.45, 7) is 2.94. The third kappa shape index (κ3) is 5.65. The molecule has 0 aliphatic heterocycles. The van der Waals surface area contributed by atoms with Crippen LogP contribution in [-0.4, -0.2) is 19.8 Å². The number of rotatable bonds is 10. The Morgan fingerprint density at radius 1 is 0.852 bits per heavy atom. The van der Waals surface area contributed by atoms with Gasteiger partial charge in [0.1, 0.15) is 11.5 Å². The van der Waals surface area contributed by atoms with Crippen molar-refractivity contribution in [2.24, 2.45) is 0 Å². The zero-order valence-corrected chi connectivity index (χ0v) is 16.3. The van der Waals surface area contributed by atoms with Crippen LogP contribution in [0.25, 0.3) is 10.8 Å². The predicted octanol–water partition coefficient (Wildman–Crippen LogP) is 6.29. The monoisotopic (exact) mass is 363 g/mol. The maximum atomic E-state index is 6.04. The number of ether oxygens (including phenoxy) is 2. The van der Waals surface area contributed by atoms with E-state index in [1.807, 2.05) is 12.1 Å². The molecule has 1 N–H and O–H groups in total. The molecule has 0 radical (unpaired) electrons. The lowest BCUT2D eigenvalue weighted by Gasteiger charge is -2.20. The highest BCUT2D eigenvalue weighted by Crippen LogP contribution is 2.22. The van der Waals surface area contributed by atoms with Crippen molar-refractivity contribution in [1.82, 2.24) is 0 Å². The van der Waals surface area contributed by atoms with E-state index in [0.717, 1.165) is 30.0 Å². The summed E-state index contributed by atoms with van der Waals surface area (Å²) in [7, 11) is 1.69.